The maximum atomic E-state index is 13.5. The summed E-state index contributed by atoms with van der Waals surface area (Å²) in [7, 11) is 0. The van der Waals surface area contributed by atoms with Crippen molar-refractivity contribution in [2.24, 2.45) is 5.92 Å². The summed E-state index contributed by atoms with van der Waals surface area (Å²) >= 11 is 0. The molecule has 2 heterocycles. The molecule has 43 heavy (non-hydrogen) atoms. The van der Waals surface area contributed by atoms with E-state index in [9.17, 15) is 60.0 Å². The molecule has 2 aromatic rings. The van der Waals surface area contributed by atoms with Crippen molar-refractivity contribution < 1.29 is 79.0 Å². The zero-order valence-electron chi connectivity index (χ0n) is 22.0. The molecule has 2 aromatic carbocycles. The Hall–Kier alpha value is -4.48. The topological polar surface area (TPSA) is 267 Å². The third-order valence-electron chi connectivity index (χ3n) is 7.14. The second-order valence-corrected chi connectivity index (χ2v) is 9.88. The lowest BCUT2D eigenvalue weighted by molar-refractivity contribution is -0.289. The quantitative estimate of drug-likeness (QED) is 0.127. The van der Waals surface area contributed by atoms with Gasteiger partial charge in [0.1, 0.15) is 12.2 Å². The molecule has 16 nitrogen and oxygen atoms in total. The first kappa shape index (κ1) is 31.5. The second kappa shape index (κ2) is 12.8. The third-order valence-corrected chi connectivity index (χ3v) is 7.14. The molecule has 232 valence electrons. The van der Waals surface area contributed by atoms with Crippen LogP contribution in [0.4, 0.5) is 0 Å². The molecule has 0 amide bonds. The fourth-order valence-electron chi connectivity index (χ4n) is 5.04. The van der Waals surface area contributed by atoms with E-state index in [-0.39, 0.29) is 6.61 Å². The Morgan fingerprint density at radius 3 is 2.21 bits per heavy atom. The molecular formula is C27H28O16. The standard InChI is InChI=1S/C27H28O16/c28-8-16-20(34)23(21(35)27(41-16)43-25(38)11-5-14(29)19(33)15(30)6-11)42-26(39)13(7-17(31)32)18-12-4-2-1-3-10(12)9-40-22(18)24(36)37/h1-6,13,16,18,20-23,27-30,33-35H,7-9H2,(H,31,32)(H,36,37)/t13-,16+,18+,20+,21+,22-,23-,27-/m0/s1. The summed E-state index contributed by atoms with van der Waals surface area (Å²) in [5, 5.41) is 79.5. The van der Waals surface area contributed by atoms with Crippen LogP contribution >= 0.6 is 0 Å². The number of esters is 2. The van der Waals surface area contributed by atoms with Crippen molar-refractivity contribution in [3.8, 4) is 17.2 Å². The molecule has 2 aliphatic heterocycles. The highest BCUT2D eigenvalue weighted by Gasteiger charge is 2.51. The summed E-state index contributed by atoms with van der Waals surface area (Å²) in [6, 6.07) is 7.76. The summed E-state index contributed by atoms with van der Waals surface area (Å²) in [5.41, 5.74) is 0.303. The van der Waals surface area contributed by atoms with Gasteiger partial charge in [-0.2, -0.15) is 0 Å². The molecule has 16 heteroatoms. The van der Waals surface area contributed by atoms with Gasteiger partial charge in [-0.1, -0.05) is 24.3 Å². The van der Waals surface area contributed by atoms with Crippen molar-refractivity contribution in [2.45, 2.75) is 55.8 Å². The highest BCUT2D eigenvalue weighted by atomic mass is 16.7. The van der Waals surface area contributed by atoms with E-state index in [4.69, 9.17) is 18.9 Å². The Bertz CT molecular complexity index is 1370. The molecule has 8 atom stereocenters. The molecule has 0 unspecified atom stereocenters. The molecule has 4 rings (SSSR count). The number of ether oxygens (including phenoxy) is 4. The van der Waals surface area contributed by atoms with Crippen molar-refractivity contribution in [2.75, 3.05) is 6.61 Å². The lowest BCUT2D eigenvalue weighted by Crippen LogP contribution is -2.61. The predicted octanol–water partition coefficient (Wildman–Crippen LogP) is -0.831. The second-order valence-electron chi connectivity index (χ2n) is 9.88. The molecule has 0 radical (unpaired) electrons. The SMILES string of the molecule is O=C(O)C[C@H](C(=O)O[C@@H]1[C@@H](O)[C@H](OC(=O)c2cc(O)c(O)c(O)c2)O[C@H](CO)[C@H]1O)[C@H]1c2ccccc2CO[C@@H]1C(=O)O. The molecule has 0 bridgehead atoms. The maximum Gasteiger partial charge on any atom is 0.340 e. The first-order valence-corrected chi connectivity index (χ1v) is 12.8. The van der Waals surface area contributed by atoms with Crippen LogP contribution in [0.3, 0.4) is 0 Å². The number of hydrogen-bond donors (Lipinski definition) is 8. The van der Waals surface area contributed by atoms with Crippen LogP contribution in [0.2, 0.25) is 0 Å². The number of aliphatic hydroxyl groups excluding tert-OH is 3. The first-order valence-electron chi connectivity index (χ1n) is 12.8. The average Bonchev–Trinajstić information content (AvgIpc) is 2.97. The van der Waals surface area contributed by atoms with Gasteiger partial charge in [0.15, 0.2) is 35.6 Å². The van der Waals surface area contributed by atoms with Gasteiger partial charge in [-0.25, -0.2) is 9.59 Å². The summed E-state index contributed by atoms with van der Waals surface area (Å²) in [6.07, 6.45) is -12.3. The Balaban J connectivity index is 1.62. The van der Waals surface area contributed by atoms with E-state index in [0.29, 0.717) is 11.1 Å². The highest BCUT2D eigenvalue weighted by molar-refractivity contribution is 5.91. The van der Waals surface area contributed by atoms with Gasteiger partial charge in [-0.3, -0.25) is 9.59 Å². The minimum absolute atomic E-state index is 0.127. The molecule has 8 N–H and O–H groups in total. The number of carbonyl (C=O) groups is 4. The van der Waals surface area contributed by atoms with Crippen molar-refractivity contribution in [1.82, 2.24) is 0 Å². The van der Waals surface area contributed by atoms with Gasteiger partial charge in [-0.05, 0) is 23.3 Å². The van der Waals surface area contributed by atoms with Crippen molar-refractivity contribution in [3.05, 3.63) is 53.1 Å². The normalized spacial score (nSPS) is 27.4. The summed E-state index contributed by atoms with van der Waals surface area (Å²) in [6.45, 7) is -1.06. The molecule has 1 fully saturated rings. The van der Waals surface area contributed by atoms with E-state index in [0.717, 1.165) is 12.1 Å². The Labute approximate surface area is 241 Å². The van der Waals surface area contributed by atoms with Gasteiger partial charge in [0, 0.05) is 5.92 Å². The molecular weight excluding hydrogens is 580 g/mol. The van der Waals surface area contributed by atoms with Crippen LogP contribution in [0.1, 0.15) is 33.8 Å². The lowest BCUT2D eigenvalue weighted by atomic mass is 9.76. The van der Waals surface area contributed by atoms with Gasteiger partial charge < -0.3 is 59.8 Å². The molecule has 0 spiro atoms. The number of carboxylic acid groups (broad SMARTS) is 2. The highest BCUT2D eigenvalue weighted by Crippen LogP contribution is 2.40. The third kappa shape index (κ3) is 6.47. The van der Waals surface area contributed by atoms with E-state index in [2.05, 4.69) is 0 Å². The summed E-state index contributed by atoms with van der Waals surface area (Å²) in [5.74, 6) is -11.4. The number of carbonyl (C=O) groups excluding carboxylic acids is 2. The van der Waals surface area contributed by atoms with Crippen molar-refractivity contribution >= 4 is 23.9 Å². The number of carboxylic acids is 2. The molecule has 2 aliphatic rings. The number of rotatable bonds is 9. The fraction of sp³-hybridized carbons (Fsp3) is 0.407. The van der Waals surface area contributed by atoms with E-state index < -0.39 is 108 Å². The fourth-order valence-corrected chi connectivity index (χ4v) is 5.04. The lowest BCUT2D eigenvalue weighted by Gasteiger charge is -2.42. The molecule has 1 saturated heterocycles. The zero-order valence-corrected chi connectivity index (χ0v) is 22.0. The van der Waals surface area contributed by atoms with E-state index >= 15 is 0 Å². The molecule has 0 aromatic heterocycles. The maximum absolute atomic E-state index is 13.5. The average molecular weight is 609 g/mol. The summed E-state index contributed by atoms with van der Waals surface area (Å²) in [4.78, 5) is 50.0. The van der Waals surface area contributed by atoms with Gasteiger partial charge >= 0.3 is 23.9 Å². The number of phenolic OH excluding ortho intramolecular Hbond substituents is 3. The van der Waals surface area contributed by atoms with E-state index in [1.165, 1.54) is 6.07 Å². The van der Waals surface area contributed by atoms with E-state index in [1.54, 1.807) is 18.2 Å². The Morgan fingerprint density at radius 2 is 1.60 bits per heavy atom. The van der Waals surface area contributed by atoms with Crippen LogP contribution in [0, 0.1) is 5.92 Å². The zero-order chi connectivity index (χ0) is 31.6. The van der Waals surface area contributed by atoms with Crippen LogP contribution in [0.25, 0.3) is 0 Å². The van der Waals surface area contributed by atoms with Gasteiger partial charge in [0.05, 0.1) is 31.1 Å². The van der Waals surface area contributed by atoms with Crippen molar-refractivity contribution in [1.29, 1.82) is 0 Å². The number of aromatic hydroxyl groups is 3. The van der Waals surface area contributed by atoms with Crippen LogP contribution in [0.15, 0.2) is 36.4 Å². The minimum atomic E-state index is -2.14. The Morgan fingerprint density at radius 1 is 0.953 bits per heavy atom. The molecule has 0 aliphatic carbocycles. The van der Waals surface area contributed by atoms with Crippen LogP contribution in [-0.2, 0) is 39.9 Å². The van der Waals surface area contributed by atoms with Crippen LogP contribution < -0.4 is 0 Å². The van der Waals surface area contributed by atoms with Crippen LogP contribution in [-0.4, -0.2) is 108 Å². The number of hydrogen-bond acceptors (Lipinski definition) is 14. The number of aliphatic hydroxyl groups is 3. The largest absolute Gasteiger partial charge is 0.504 e. The number of phenols is 3. The number of fused-ring (bicyclic) bond motifs is 1. The van der Waals surface area contributed by atoms with Gasteiger partial charge in [0.2, 0.25) is 6.29 Å². The van der Waals surface area contributed by atoms with Crippen LogP contribution in [0.5, 0.6) is 17.2 Å². The van der Waals surface area contributed by atoms with E-state index in [1.807, 2.05) is 0 Å². The summed E-state index contributed by atoms with van der Waals surface area (Å²) < 4.78 is 21.0. The van der Waals surface area contributed by atoms with Gasteiger partial charge in [0.25, 0.3) is 0 Å². The number of aliphatic carboxylic acids is 2. The smallest absolute Gasteiger partial charge is 0.340 e. The minimum Gasteiger partial charge on any atom is -0.504 e. The van der Waals surface area contributed by atoms with Crippen molar-refractivity contribution in [3.63, 3.8) is 0 Å². The molecule has 0 saturated carbocycles. The first-order chi connectivity index (χ1) is 20.3. The predicted molar refractivity (Wildman–Crippen MR) is 136 cm³/mol. The Kier molecular flexibility index (Phi) is 9.37. The van der Waals surface area contributed by atoms with Gasteiger partial charge in [-0.15, -0.1) is 0 Å². The number of benzene rings is 2. The monoisotopic (exact) mass is 608 g/mol.